The van der Waals surface area contributed by atoms with Gasteiger partial charge in [0, 0.05) is 12.8 Å². The molecule has 0 N–H and O–H groups in total. The van der Waals surface area contributed by atoms with Gasteiger partial charge in [0.05, 0.1) is 13.0 Å². The maximum atomic E-state index is 11.0. The molecule has 1 heterocycles. The molecule has 4 heteroatoms. The number of rotatable bonds is 1. The second-order valence-electron chi connectivity index (χ2n) is 2.65. The summed E-state index contributed by atoms with van der Waals surface area (Å²) in [4.78, 5) is 11.0. The quantitative estimate of drug-likeness (QED) is 0.427. The van der Waals surface area contributed by atoms with Crippen molar-refractivity contribution in [2.45, 2.75) is 12.8 Å². The minimum atomic E-state index is -0.687. The van der Waals surface area contributed by atoms with Crippen LogP contribution in [0.3, 0.4) is 0 Å². The van der Waals surface area contributed by atoms with E-state index in [2.05, 4.69) is 4.74 Å². The highest BCUT2D eigenvalue weighted by atomic mass is 32.2. The molecule has 1 saturated heterocycles. The van der Waals surface area contributed by atoms with E-state index in [9.17, 15) is 9.35 Å². The molecule has 0 bridgehead atoms. The summed E-state index contributed by atoms with van der Waals surface area (Å²) in [5.74, 6) is 1.15. The molecule has 0 spiro atoms. The Labute approximate surface area is 69.3 Å². The van der Waals surface area contributed by atoms with Crippen LogP contribution in [0.2, 0.25) is 0 Å². The van der Waals surface area contributed by atoms with Gasteiger partial charge in [0.25, 0.3) is 0 Å². The molecule has 1 fully saturated rings. The minimum Gasteiger partial charge on any atom is -0.616 e. The van der Waals surface area contributed by atoms with Gasteiger partial charge in [0.1, 0.15) is 11.5 Å². The van der Waals surface area contributed by atoms with Crippen molar-refractivity contribution in [3.8, 4) is 0 Å². The Morgan fingerprint density at radius 1 is 1.55 bits per heavy atom. The zero-order valence-corrected chi connectivity index (χ0v) is 7.36. The molecule has 1 aliphatic rings. The third-order valence-electron chi connectivity index (χ3n) is 1.92. The first-order chi connectivity index (χ1) is 5.24. The van der Waals surface area contributed by atoms with E-state index >= 15 is 0 Å². The zero-order chi connectivity index (χ0) is 8.27. The molecule has 0 aliphatic carbocycles. The number of carbonyl (C=O) groups excluding carboxylic acids is 1. The van der Waals surface area contributed by atoms with Gasteiger partial charge in [-0.15, -0.1) is 0 Å². The SMILES string of the molecule is COC(=O)C1CC[S+]([O-])CC1. The minimum absolute atomic E-state index is 0.00213. The maximum Gasteiger partial charge on any atom is 0.309 e. The van der Waals surface area contributed by atoms with E-state index in [1.165, 1.54) is 7.11 Å². The van der Waals surface area contributed by atoms with Crippen LogP contribution < -0.4 is 0 Å². The fourth-order valence-corrected chi connectivity index (χ4v) is 2.50. The highest BCUT2D eigenvalue weighted by Gasteiger charge is 2.27. The first kappa shape index (κ1) is 8.87. The summed E-state index contributed by atoms with van der Waals surface area (Å²) in [6.07, 6.45) is 1.44. The van der Waals surface area contributed by atoms with Crippen LogP contribution in [0.15, 0.2) is 0 Å². The van der Waals surface area contributed by atoms with Crippen LogP contribution >= 0.6 is 0 Å². The average molecular weight is 176 g/mol. The second-order valence-corrected chi connectivity index (χ2v) is 4.34. The lowest BCUT2D eigenvalue weighted by Gasteiger charge is -2.21. The lowest BCUT2D eigenvalue weighted by molar-refractivity contribution is -0.145. The number of esters is 1. The van der Waals surface area contributed by atoms with Crippen LogP contribution in [0.5, 0.6) is 0 Å². The van der Waals surface area contributed by atoms with Gasteiger partial charge in [0.2, 0.25) is 0 Å². The standard InChI is InChI=1S/C7H12O3S/c1-10-7(8)6-2-4-11(9)5-3-6/h6H,2-5H2,1H3. The molecular weight excluding hydrogens is 164 g/mol. The summed E-state index contributed by atoms with van der Waals surface area (Å²) in [5, 5.41) is 0. The van der Waals surface area contributed by atoms with Gasteiger partial charge >= 0.3 is 5.97 Å². The predicted octanol–water partition coefficient (Wildman–Crippen LogP) is 0.318. The van der Waals surface area contributed by atoms with Gasteiger partial charge in [-0.05, 0) is 0 Å². The lowest BCUT2D eigenvalue weighted by atomic mass is 10.0. The Balaban J connectivity index is 2.33. The molecule has 0 aromatic heterocycles. The highest BCUT2D eigenvalue weighted by molar-refractivity contribution is 7.91. The van der Waals surface area contributed by atoms with Gasteiger partial charge in [-0.2, -0.15) is 0 Å². The molecule has 1 aliphatic heterocycles. The molecule has 0 unspecified atom stereocenters. The van der Waals surface area contributed by atoms with Crippen LogP contribution in [-0.4, -0.2) is 29.1 Å². The third kappa shape index (κ3) is 2.38. The molecule has 64 valence electrons. The summed E-state index contributed by atoms with van der Waals surface area (Å²) in [6, 6.07) is 0. The summed E-state index contributed by atoms with van der Waals surface area (Å²) in [6.45, 7) is 0. The van der Waals surface area contributed by atoms with Crippen molar-refractivity contribution in [3.05, 3.63) is 0 Å². The van der Waals surface area contributed by atoms with Crippen molar-refractivity contribution in [2.75, 3.05) is 18.6 Å². The molecule has 11 heavy (non-hydrogen) atoms. The Hall–Kier alpha value is -0.220. The van der Waals surface area contributed by atoms with E-state index in [0.29, 0.717) is 11.5 Å². The average Bonchev–Trinajstić information content (AvgIpc) is 2.05. The van der Waals surface area contributed by atoms with Gasteiger partial charge < -0.3 is 9.29 Å². The van der Waals surface area contributed by atoms with Crippen LogP contribution in [0.1, 0.15) is 12.8 Å². The number of ether oxygens (including phenoxy) is 1. The van der Waals surface area contributed by atoms with Crippen LogP contribution in [-0.2, 0) is 20.7 Å². The maximum absolute atomic E-state index is 11.0. The Morgan fingerprint density at radius 3 is 2.55 bits per heavy atom. The summed E-state index contributed by atoms with van der Waals surface area (Å²) in [7, 11) is 1.40. The first-order valence-electron chi connectivity index (χ1n) is 3.67. The molecule has 0 amide bonds. The number of carbonyl (C=O) groups is 1. The number of hydrogen-bond donors (Lipinski definition) is 0. The van der Waals surface area contributed by atoms with Gasteiger partial charge in [0.15, 0.2) is 0 Å². The van der Waals surface area contributed by atoms with Crippen LogP contribution in [0.4, 0.5) is 0 Å². The summed E-state index contributed by atoms with van der Waals surface area (Å²) < 4.78 is 15.5. The Kier molecular flexibility index (Phi) is 3.20. The van der Waals surface area contributed by atoms with Gasteiger partial charge in [-0.1, -0.05) is 11.2 Å². The van der Waals surface area contributed by atoms with Crippen LogP contribution in [0.25, 0.3) is 0 Å². The van der Waals surface area contributed by atoms with Crippen LogP contribution in [0, 0.1) is 5.92 Å². The lowest BCUT2D eigenvalue weighted by Crippen LogP contribution is -2.28. The van der Waals surface area contributed by atoms with Gasteiger partial charge in [-0.25, -0.2) is 0 Å². The highest BCUT2D eigenvalue weighted by Crippen LogP contribution is 2.19. The monoisotopic (exact) mass is 176 g/mol. The van der Waals surface area contributed by atoms with Crippen molar-refractivity contribution in [2.24, 2.45) is 5.92 Å². The molecule has 0 radical (unpaired) electrons. The fourth-order valence-electron chi connectivity index (χ4n) is 1.20. The molecule has 3 nitrogen and oxygen atoms in total. The molecule has 0 saturated carbocycles. The normalized spacial score (nSPS) is 31.5. The van der Waals surface area contributed by atoms with E-state index in [1.54, 1.807) is 0 Å². The van der Waals surface area contributed by atoms with Gasteiger partial charge in [-0.3, -0.25) is 4.79 Å². The van der Waals surface area contributed by atoms with Crippen molar-refractivity contribution in [1.29, 1.82) is 0 Å². The zero-order valence-electron chi connectivity index (χ0n) is 6.54. The first-order valence-corrected chi connectivity index (χ1v) is 5.15. The Morgan fingerprint density at radius 2 is 2.09 bits per heavy atom. The van der Waals surface area contributed by atoms with E-state index in [0.717, 1.165) is 12.8 Å². The molecule has 0 aromatic rings. The topological polar surface area (TPSA) is 49.4 Å². The number of hydrogen-bond acceptors (Lipinski definition) is 3. The van der Waals surface area contributed by atoms with E-state index in [4.69, 9.17) is 0 Å². The predicted molar refractivity (Wildman–Crippen MR) is 42.6 cm³/mol. The summed E-state index contributed by atoms with van der Waals surface area (Å²) in [5.41, 5.74) is 0. The fraction of sp³-hybridized carbons (Fsp3) is 0.857. The van der Waals surface area contributed by atoms with E-state index in [1.807, 2.05) is 0 Å². The molecule has 0 aromatic carbocycles. The molecule has 0 atom stereocenters. The third-order valence-corrected chi connectivity index (χ3v) is 3.30. The summed E-state index contributed by atoms with van der Waals surface area (Å²) >= 11 is -0.687. The van der Waals surface area contributed by atoms with E-state index in [-0.39, 0.29) is 11.9 Å². The number of methoxy groups -OCH3 is 1. The largest absolute Gasteiger partial charge is 0.616 e. The second kappa shape index (κ2) is 3.97. The van der Waals surface area contributed by atoms with Crippen molar-refractivity contribution < 1.29 is 14.1 Å². The van der Waals surface area contributed by atoms with Crippen molar-refractivity contribution in [3.63, 3.8) is 0 Å². The molecular formula is C7H12O3S. The molecule has 1 rings (SSSR count). The Bertz CT molecular complexity index is 141. The van der Waals surface area contributed by atoms with E-state index < -0.39 is 11.2 Å². The smallest absolute Gasteiger partial charge is 0.309 e. The van der Waals surface area contributed by atoms with Crippen molar-refractivity contribution in [1.82, 2.24) is 0 Å². The van der Waals surface area contributed by atoms with Crippen molar-refractivity contribution >= 4 is 17.1 Å².